The molecule has 3 aromatic rings. The predicted octanol–water partition coefficient (Wildman–Crippen LogP) is 2.05. The van der Waals surface area contributed by atoms with Gasteiger partial charge in [-0.2, -0.15) is 0 Å². The molecule has 0 radical (unpaired) electrons. The minimum atomic E-state index is -0.435. The summed E-state index contributed by atoms with van der Waals surface area (Å²) in [5.74, 6) is 5.47. The van der Waals surface area contributed by atoms with Gasteiger partial charge in [0.1, 0.15) is 0 Å². The maximum absolute atomic E-state index is 11.5. The number of hydrogen-bond donors (Lipinski definition) is 3. The quantitative estimate of drug-likeness (QED) is 0.295. The number of para-hydroxylation sites is 2. The molecular weight excluding hydrogens is 276 g/mol. The summed E-state index contributed by atoms with van der Waals surface area (Å²) < 4.78 is 5.13. The number of nitrogens with zero attached hydrogens (tertiary/aromatic N) is 1. The van der Waals surface area contributed by atoms with Crippen LogP contribution in [0.15, 0.2) is 46.2 Å². The molecule has 0 unspecified atom stereocenters. The molecule has 0 spiro atoms. The van der Waals surface area contributed by atoms with Crippen molar-refractivity contribution in [2.75, 3.05) is 0 Å². The second-order valence-electron chi connectivity index (χ2n) is 4.10. The zero-order valence-corrected chi connectivity index (χ0v) is 11.2. The fraction of sp³-hybridized carbons (Fsp3) is 0.0769. The van der Waals surface area contributed by atoms with Gasteiger partial charge in [0.25, 0.3) is 0 Å². The normalized spacial score (nSPS) is 10.8. The lowest BCUT2D eigenvalue weighted by Crippen LogP contribution is -2.30. The SMILES string of the molecule is NNC(=O)c1occc1CSc1nc2ccccc2[nH]1. The molecule has 0 aliphatic rings. The molecule has 1 amide bonds. The number of hydrogen-bond acceptors (Lipinski definition) is 5. The summed E-state index contributed by atoms with van der Waals surface area (Å²) in [6, 6.07) is 9.56. The highest BCUT2D eigenvalue weighted by Crippen LogP contribution is 2.25. The van der Waals surface area contributed by atoms with Crippen LogP contribution in [-0.4, -0.2) is 15.9 Å². The van der Waals surface area contributed by atoms with Crippen LogP contribution in [0.5, 0.6) is 0 Å². The molecule has 0 aliphatic carbocycles. The van der Waals surface area contributed by atoms with E-state index in [4.69, 9.17) is 10.3 Å². The lowest BCUT2D eigenvalue weighted by atomic mass is 10.3. The maximum atomic E-state index is 11.5. The predicted molar refractivity (Wildman–Crippen MR) is 76.0 cm³/mol. The fourth-order valence-corrected chi connectivity index (χ4v) is 2.72. The molecule has 0 saturated carbocycles. The van der Waals surface area contributed by atoms with Crippen LogP contribution >= 0.6 is 11.8 Å². The summed E-state index contributed by atoms with van der Waals surface area (Å²) >= 11 is 1.50. The number of nitrogens with two attached hydrogens (primary N) is 1. The number of nitrogen functional groups attached to an aromatic ring is 1. The van der Waals surface area contributed by atoms with Gasteiger partial charge in [0.15, 0.2) is 10.9 Å². The third-order valence-corrected chi connectivity index (χ3v) is 3.74. The summed E-state index contributed by atoms with van der Waals surface area (Å²) in [7, 11) is 0. The lowest BCUT2D eigenvalue weighted by Gasteiger charge is -1.99. The number of nitrogens with one attached hydrogen (secondary N) is 2. The number of H-pyrrole nitrogens is 1. The topological polar surface area (TPSA) is 96.9 Å². The maximum Gasteiger partial charge on any atom is 0.301 e. The summed E-state index contributed by atoms with van der Waals surface area (Å²) in [6.45, 7) is 0. The van der Waals surface area contributed by atoms with Crippen molar-refractivity contribution < 1.29 is 9.21 Å². The van der Waals surface area contributed by atoms with Crippen molar-refractivity contribution in [2.24, 2.45) is 5.84 Å². The van der Waals surface area contributed by atoms with E-state index >= 15 is 0 Å². The number of fused-ring (bicyclic) bond motifs is 1. The molecule has 3 rings (SSSR count). The molecule has 2 aromatic heterocycles. The van der Waals surface area contributed by atoms with Gasteiger partial charge in [-0.25, -0.2) is 10.8 Å². The molecule has 4 N–H and O–H groups in total. The zero-order valence-electron chi connectivity index (χ0n) is 10.4. The number of carbonyl (C=O) groups excluding carboxylic acids is 1. The van der Waals surface area contributed by atoms with E-state index in [1.54, 1.807) is 6.07 Å². The Morgan fingerprint density at radius 3 is 3.05 bits per heavy atom. The third kappa shape index (κ3) is 2.40. The monoisotopic (exact) mass is 288 g/mol. The lowest BCUT2D eigenvalue weighted by molar-refractivity contribution is 0.0925. The second-order valence-corrected chi connectivity index (χ2v) is 5.06. The third-order valence-electron chi connectivity index (χ3n) is 2.82. The van der Waals surface area contributed by atoms with Crippen molar-refractivity contribution >= 4 is 28.7 Å². The van der Waals surface area contributed by atoms with Gasteiger partial charge in [-0.3, -0.25) is 10.2 Å². The number of aromatic nitrogens is 2. The molecule has 1 aromatic carbocycles. The average molecular weight is 288 g/mol. The van der Waals surface area contributed by atoms with Gasteiger partial charge >= 0.3 is 5.91 Å². The zero-order chi connectivity index (χ0) is 13.9. The molecule has 102 valence electrons. The minimum absolute atomic E-state index is 0.233. The molecule has 6 nitrogen and oxygen atoms in total. The second kappa shape index (κ2) is 5.40. The van der Waals surface area contributed by atoms with Crippen LogP contribution < -0.4 is 11.3 Å². The van der Waals surface area contributed by atoms with Gasteiger partial charge < -0.3 is 9.40 Å². The average Bonchev–Trinajstić information content (AvgIpc) is 3.10. The molecule has 0 fully saturated rings. The van der Waals surface area contributed by atoms with E-state index in [2.05, 4.69) is 15.4 Å². The molecule has 7 heteroatoms. The van der Waals surface area contributed by atoms with E-state index in [0.717, 1.165) is 21.8 Å². The van der Waals surface area contributed by atoms with Crippen LogP contribution in [-0.2, 0) is 5.75 Å². The summed E-state index contributed by atoms with van der Waals surface area (Å²) in [6.07, 6.45) is 1.47. The standard InChI is InChI=1S/C13H12N4O2S/c14-17-12(18)11-8(5-6-19-11)7-20-13-15-9-3-1-2-4-10(9)16-13/h1-6H,7,14H2,(H,15,16)(H,17,18). The van der Waals surface area contributed by atoms with Crippen molar-refractivity contribution in [2.45, 2.75) is 10.9 Å². The molecule has 0 saturated heterocycles. The first-order valence-electron chi connectivity index (χ1n) is 5.93. The smallest absolute Gasteiger partial charge is 0.301 e. The number of imidazole rings is 1. The van der Waals surface area contributed by atoms with Gasteiger partial charge in [-0.15, -0.1) is 0 Å². The van der Waals surface area contributed by atoms with E-state index in [0.29, 0.717) is 5.75 Å². The van der Waals surface area contributed by atoms with Crippen molar-refractivity contribution in [1.82, 2.24) is 15.4 Å². The van der Waals surface area contributed by atoms with E-state index < -0.39 is 5.91 Å². The van der Waals surface area contributed by atoms with E-state index in [1.807, 2.05) is 24.3 Å². The highest BCUT2D eigenvalue weighted by molar-refractivity contribution is 7.98. The van der Waals surface area contributed by atoms with Gasteiger partial charge in [0.2, 0.25) is 0 Å². The largest absolute Gasteiger partial charge is 0.459 e. The Bertz CT molecular complexity index is 717. The van der Waals surface area contributed by atoms with Crippen molar-refractivity contribution in [3.05, 3.63) is 47.9 Å². The van der Waals surface area contributed by atoms with Gasteiger partial charge in [-0.1, -0.05) is 23.9 Å². The summed E-state index contributed by atoms with van der Waals surface area (Å²) in [4.78, 5) is 19.2. The number of thioether (sulfide) groups is 1. The first-order chi connectivity index (χ1) is 9.78. The van der Waals surface area contributed by atoms with Crippen molar-refractivity contribution in [3.8, 4) is 0 Å². The molecule has 0 aliphatic heterocycles. The number of carbonyl (C=O) groups is 1. The molecule has 0 atom stereocenters. The summed E-state index contributed by atoms with van der Waals surface area (Å²) in [5, 5.41) is 0.798. The minimum Gasteiger partial charge on any atom is -0.459 e. The van der Waals surface area contributed by atoms with Crippen LogP contribution in [0.1, 0.15) is 16.1 Å². The molecule has 20 heavy (non-hydrogen) atoms. The number of hydrazine groups is 1. The molecule has 2 heterocycles. The highest BCUT2D eigenvalue weighted by Gasteiger charge is 2.14. The van der Waals surface area contributed by atoms with E-state index in [9.17, 15) is 4.79 Å². The number of benzene rings is 1. The molecule has 0 bridgehead atoms. The Labute approximate surface area is 118 Å². The Balaban J connectivity index is 1.76. The fourth-order valence-electron chi connectivity index (χ4n) is 1.86. The van der Waals surface area contributed by atoms with Crippen LogP contribution in [0.2, 0.25) is 0 Å². The Morgan fingerprint density at radius 2 is 2.25 bits per heavy atom. The highest BCUT2D eigenvalue weighted by atomic mass is 32.2. The van der Waals surface area contributed by atoms with Crippen LogP contribution in [0.4, 0.5) is 0 Å². The van der Waals surface area contributed by atoms with Crippen molar-refractivity contribution in [1.29, 1.82) is 0 Å². The first kappa shape index (κ1) is 12.8. The van der Waals surface area contributed by atoms with Gasteiger partial charge in [0, 0.05) is 11.3 Å². The Morgan fingerprint density at radius 1 is 1.40 bits per heavy atom. The summed E-state index contributed by atoms with van der Waals surface area (Å²) in [5.41, 5.74) is 4.75. The molecular formula is C13H12N4O2S. The van der Waals surface area contributed by atoms with Crippen LogP contribution in [0.3, 0.4) is 0 Å². The van der Waals surface area contributed by atoms with Crippen LogP contribution in [0.25, 0.3) is 11.0 Å². The Kier molecular flexibility index (Phi) is 3.44. The van der Waals surface area contributed by atoms with E-state index in [1.165, 1.54) is 18.0 Å². The Hall–Kier alpha value is -2.25. The first-order valence-corrected chi connectivity index (χ1v) is 6.91. The number of amides is 1. The number of rotatable bonds is 4. The van der Waals surface area contributed by atoms with Crippen LogP contribution in [0, 0.1) is 0 Å². The number of furan rings is 1. The van der Waals surface area contributed by atoms with Gasteiger partial charge in [0.05, 0.1) is 17.3 Å². The van der Waals surface area contributed by atoms with E-state index in [-0.39, 0.29) is 5.76 Å². The van der Waals surface area contributed by atoms with Crippen molar-refractivity contribution in [3.63, 3.8) is 0 Å². The van der Waals surface area contributed by atoms with Gasteiger partial charge in [-0.05, 0) is 18.2 Å². The number of aromatic amines is 1.